The summed E-state index contributed by atoms with van der Waals surface area (Å²) >= 11 is 1.11. The van der Waals surface area contributed by atoms with Crippen molar-refractivity contribution in [3.63, 3.8) is 0 Å². The molecule has 7 nitrogen and oxygen atoms in total. The average Bonchev–Trinajstić information content (AvgIpc) is 3.41. The van der Waals surface area contributed by atoms with E-state index in [-0.39, 0.29) is 31.0 Å². The molecule has 0 saturated heterocycles. The lowest BCUT2D eigenvalue weighted by Gasteiger charge is -2.14. The zero-order valence-electron chi connectivity index (χ0n) is 23.4. The van der Waals surface area contributed by atoms with E-state index in [1.165, 1.54) is 12.1 Å². The summed E-state index contributed by atoms with van der Waals surface area (Å²) in [6.07, 6.45) is -3.19. The highest BCUT2D eigenvalue weighted by Gasteiger charge is 2.30. The molecule has 0 fully saturated rings. The number of oxazole rings is 1. The van der Waals surface area contributed by atoms with Crippen molar-refractivity contribution in [1.82, 2.24) is 10.3 Å². The van der Waals surface area contributed by atoms with Crippen LogP contribution in [0.5, 0.6) is 5.75 Å². The molecule has 43 heavy (non-hydrogen) atoms. The number of carboxylic acids is 1. The fourth-order valence-electron chi connectivity index (χ4n) is 4.30. The van der Waals surface area contributed by atoms with Crippen LogP contribution in [-0.2, 0) is 41.6 Å². The van der Waals surface area contributed by atoms with Crippen molar-refractivity contribution < 1.29 is 37.0 Å². The number of benzene rings is 3. The monoisotopic (exact) mass is 611 g/mol. The van der Waals surface area contributed by atoms with Gasteiger partial charge in [-0.05, 0) is 72.5 Å². The van der Waals surface area contributed by atoms with Crippen molar-refractivity contribution in [2.75, 3.05) is 12.4 Å². The van der Waals surface area contributed by atoms with Gasteiger partial charge in [0.25, 0.3) is 0 Å². The van der Waals surface area contributed by atoms with Crippen LogP contribution in [-0.4, -0.2) is 29.2 Å². The molecule has 1 N–H and O–H groups in total. The van der Waals surface area contributed by atoms with E-state index in [1.807, 2.05) is 37.3 Å². The lowest BCUT2D eigenvalue weighted by atomic mass is 10.0. The second kappa shape index (κ2) is 14.8. The Bertz CT molecular complexity index is 1520. The van der Waals surface area contributed by atoms with Gasteiger partial charge in [0.05, 0.1) is 23.6 Å². The summed E-state index contributed by atoms with van der Waals surface area (Å²) in [6.45, 7) is 2.44. The smallest absolute Gasteiger partial charge is 0.416 e. The molecule has 1 amide bonds. The first-order chi connectivity index (χ1) is 20.6. The molecule has 0 saturated carbocycles. The molecule has 1 aromatic heterocycles. The predicted molar refractivity (Wildman–Crippen MR) is 154 cm³/mol. The molecule has 0 spiro atoms. The fraction of sp³-hybridized carbons (Fsp3) is 0.281. The molecule has 0 unspecified atom stereocenters. The SMILES string of the molecule is CCc1oc(-c2ccccc2)nc1CCOc1ccc(CCC(=O)[O-])c(CNC(=O)CSc2ccc(C(F)(F)F)cc2)c1. The number of alkyl halides is 3. The first-order valence-corrected chi connectivity index (χ1v) is 14.7. The van der Waals surface area contributed by atoms with Gasteiger partial charge in [0.15, 0.2) is 0 Å². The van der Waals surface area contributed by atoms with Crippen molar-refractivity contribution in [3.8, 4) is 17.2 Å². The average molecular weight is 612 g/mol. The molecule has 11 heteroatoms. The minimum Gasteiger partial charge on any atom is -0.550 e. The number of aromatic nitrogens is 1. The summed E-state index contributed by atoms with van der Waals surface area (Å²) in [4.78, 5) is 28.7. The van der Waals surface area contributed by atoms with Crippen LogP contribution in [0.2, 0.25) is 0 Å². The second-order valence-corrected chi connectivity index (χ2v) is 10.6. The Morgan fingerprint density at radius 1 is 1.00 bits per heavy atom. The van der Waals surface area contributed by atoms with E-state index >= 15 is 0 Å². The summed E-state index contributed by atoms with van der Waals surface area (Å²) in [7, 11) is 0. The molecule has 0 aliphatic heterocycles. The van der Waals surface area contributed by atoms with Crippen molar-refractivity contribution in [2.45, 2.75) is 50.2 Å². The third-order valence-corrected chi connectivity index (χ3v) is 7.54. The molecule has 0 aliphatic rings. The van der Waals surface area contributed by atoms with Crippen LogP contribution in [0.15, 0.2) is 82.1 Å². The van der Waals surface area contributed by atoms with Crippen LogP contribution in [0.1, 0.15) is 41.5 Å². The Labute approximate surface area is 251 Å². The van der Waals surface area contributed by atoms with Gasteiger partial charge >= 0.3 is 6.18 Å². The molecule has 4 aromatic rings. The van der Waals surface area contributed by atoms with Crippen LogP contribution in [0, 0.1) is 0 Å². The molecule has 0 bridgehead atoms. The summed E-state index contributed by atoms with van der Waals surface area (Å²) < 4.78 is 50.2. The number of thioether (sulfide) groups is 1. The van der Waals surface area contributed by atoms with Crippen molar-refractivity contribution >= 4 is 23.6 Å². The maximum Gasteiger partial charge on any atom is 0.416 e. The third-order valence-electron chi connectivity index (χ3n) is 6.53. The van der Waals surface area contributed by atoms with Gasteiger partial charge < -0.3 is 24.4 Å². The van der Waals surface area contributed by atoms with Gasteiger partial charge in [-0.15, -0.1) is 11.8 Å². The van der Waals surface area contributed by atoms with Crippen LogP contribution in [0.4, 0.5) is 13.2 Å². The highest BCUT2D eigenvalue weighted by Crippen LogP contribution is 2.31. The normalized spacial score (nSPS) is 11.3. The number of ether oxygens (including phenoxy) is 1. The molecule has 1 heterocycles. The summed E-state index contributed by atoms with van der Waals surface area (Å²) in [5, 5.41) is 13.8. The number of carbonyl (C=O) groups excluding carboxylic acids is 2. The predicted octanol–water partition coefficient (Wildman–Crippen LogP) is 5.64. The molecule has 0 aliphatic carbocycles. The number of carbonyl (C=O) groups is 2. The zero-order chi connectivity index (χ0) is 30.8. The summed E-state index contributed by atoms with van der Waals surface area (Å²) in [5.74, 6) is 0.382. The van der Waals surface area contributed by atoms with Gasteiger partial charge in [-0.25, -0.2) is 4.98 Å². The van der Waals surface area contributed by atoms with E-state index in [2.05, 4.69) is 10.3 Å². The second-order valence-electron chi connectivity index (χ2n) is 9.60. The van der Waals surface area contributed by atoms with Crippen molar-refractivity contribution in [3.05, 3.63) is 101 Å². The zero-order valence-corrected chi connectivity index (χ0v) is 24.2. The molecular weight excluding hydrogens is 581 g/mol. The van der Waals surface area contributed by atoms with Gasteiger partial charge in [-0.2, -0.15) is 13.2 Å². The molecule has 4 rings (SSSR count). The molecule has 226 valence electrons. The Kier molecular flexibility index (Phi) is 10.9. The number of carboxylic acid groups (broad SMARTS) is 1. The Morgan fingerprint density at radius 2 is 1.74 bits per heavy atom. The Hall–Kier alpha value is -4.25. The quantitative estimate of drug-likeness (QED) is 0.184. The van der Waals surface area contributed by atoms with Gasteiger partial charge in [0.1, 0.15) is 11.5 Å². The molecule has 0 atom stereocenters. The van der Waals surface area contributed by atoms with Crippen LogP contribution < -0.4 is 15.2 Å². The minimum atomic E-state index is -4.42. The topological polar surface area (TPSA) is 104 Å². The number of rotatable bonds is 14. The van der Waals surface area contributed by atoms with Gasteiger partial charge in [-0.1, -0.05) is 31.2 Å². The van der Waals surface area contributed by atoms with E-state index < -0.39 is 17.7 Å². The van der Waals surface area contributed by atoms with Crippen LogP contribution >= 0.6 is 11.8 Å². The summed E-state index contributed by atoms with van der Waals surface area (Å²) in [5.41, 5.74) is 2.36. The van der Waals surface area contributed by atoms with Gasteiger partial charge in [-0.3, -0.25) is 4.79 Å². The number of aryl methyl sites for hydroxylation is 2. The van der Waals surface area contributed by atoms with Gasteiger partial charge in [0.2, 0.25) is 11.8 Å². The lowest BCUT2D eigenvalue weighted by Crippen LogP contribution is -2.26. The maximum absolute atomic E-state index is 12.8. The number of amides is 1. The largest absolute Gasteiger partial charge is 0.550 e. The first kappa shape index (κ1) is 31.7. The Balaban J connectivity index is 1.35. The number of aliphatic carboxylic acids is 1. The minimum absolute atomic E-state index is 0.00162. The number of halogens is 3. The van der Waals surface area contributed by atoms with E-state index in [4.69, 9.17) is 9.15 Å². The summed E-state index contributed by atoms with van der Waals surface area (Å²) in [6, 6.07) is 19.5. The molecular formula is C32H30F3N2O5S-. The highest BCUT2D eigenvalue weighted by molar-refractivity contribution is 8.00. The van der Waals surface area contributed by atoms with E-state index in [1.54, 1.807) is 18.2 Å². The van der Waals surface area contributed by atoms with Crippen LogP contribution in [0.25, 0.3) is 11.5 Å². The van der Waals surface area contributed by atoms with Gasteiger partial charge in [0, 0.05) is 35.8 Å². The number of hydrogen-bond donors (Lipinski definition) is 1. The first-order valence-electron chi connectivity index (χ1n) is 13.7. The maximum atomic E-state index is 12.8. The standard InChI is InChI=1S/C32H31F3N2O5S/c1-2-28-27(37-31(42-28)22-6-4-3-5-7-22)16-17-41-25-12-8-21(9-15-30(39)40)23(18-25)19-36-29(38)20-43-26-13-10-24(11-14-26)32(33,34)35/h3-8,10-14,18H,2,9,15-17,19-20H2,1H3,(H,36,38)(H,39,40)/p-1. The van der Waals surface area contributed by atoms with E-state index in [0.717, 1.165) is 46.5 Å². The van der Waals surface area contributed by atoms with Crippen molar-refractivity contribution in [2.24, 2.45) is 0 Å². The molecule has 0 radical (unpaired) electrons. The number of nitrogens with one attached hydrogen (secondary N) is 1. The lowest BCUT2D eigenvalue weighted by molar-refractivity contribution is -0.305. The fourth-order valence-corrected chi connectivity index (χ4v) is 5.02. The van der Waals surface area contributed by atoms with E-state index in [0.29, 0.717) is 41.5 Å². The highest BCUT2D eigenvalue weighted by atomic mass is 32.2. The Morgan fingerprint density at radius 3 is 2.42 bits per heavy atom. The van der Waals surface area contributed by atoms with Crippen molar-refractivity contribution in [1.29, 1.82) is 0 Å². The van der Waals surface area contributed by atoms with E-state index in [9.17, 15) is 27.9 Å². The van der Waals surface area contributed by atoms with Crippen LogP contribution in [0.3, 0.4) is 0 Å². The third kappa shape index (κ3) is 9.37. The number of hydrogen-bond acceptors (Lipinski definition) is 7. The number of nitrogens with zero attached hydrogens (tertiary/aromatic N) is 1. The molecule has 3 aromatic carbocycles.